The van der Waals surface area contributed by atoms with E-state index in [1.165, 1.54) is 89.9 Å². The zero-order chi connectivity index (χ0) is 19.5. The van der Waals surface area contributed by atoms with E-state index >= 15 is 0 Å². The molecule has 2 nitrogen and oxygen atoms in total. The maximum atomic E-state index is 11.7. The Balaban J connectivity index is 3.69. The fraction of sp³-hybridized carbons (Fsp3) is 0.958. The zero-order valence-corrected chi connectivity index (χ0v) is 18.2. The van der Waals surface area contributed by atoms with Gasteiger partial charge in [-0.3, -0.25) is 4.79 Å². The lowest BCUT2D eigenvalue weighted by Gasteiger charge is -2.22. The molecular weight excluding hydrogens is 320 g/mol. The van der Waals surface area contributed by atoms with Gasteiger partial charge in [-0.05, 0) is 18.8 Å². The zero-order valence-electron chi connectivity index (χ0n) is 18.2. The van der Waals surface area contributed by atoms with Crippen molar-refractivity contribution in [2.75, 3.05) is 0 Å². The topological polar surface area (TPSA) is 37.3 Å². The molecule has 0 saturated carbocycles. The van der Waals surface area contributed by atoms with Crippen molar-refractivity contribution < 1.29 is 9.90 Å². The van der Waals surface area contributed by atoms with Crippen LogP contribution in [0.4, 0.5) is 0 Å². The number of carboxylic acids is 1. The third kappa shape index (κ3) is 14.6. The molecule has 0 radical (unpaired) electrons. The normalized spacial score (nSPS) is 13.7. The second-order valence-electron chi connectivity index (χ2n) is 8.29. The van der Waals surface area contributed by atoms with Crippen molar-refractivity contribution in [2.45, 2.75) is 136 Å². The van der Waals surface area contributed by atoms with E-state index in [1.807, 2.05) is 0 Å². The number of aliphatic carboxylic acids is 1. The van der Waals surface area contributed by atoms with Crippen LogP contribution in [0.1, 0.15) is 136 Å². The highest BCUT2D eigenvalue weighted by Crippen LogP contribution is 2.28. The Kier molecular flexibility index (Phi) is 18.8. The highest BCUT2D eigenvalue weighted by molar-refractivity contribution is 5.70. The van der Waals surface area contributed by atoms with E-state index in [0.29, 0.717) is 5.92 Å². The Morgan fingerprint density at radius 3 is 1.42 bits per heavy atom. The number of hydrogen-bond acceptors (Lipinski definition) is 1. The van der Waals surface area contributed by atoms with E-state index in [0.717, 1.165) is 25.7 Å². The van der Waals surface area contributed by atoms with Gasteiger partial charge < -0.3 is 5.11 Å². The average molecular weight is 369 g/mol. The van der Waals surface area contributed by atoms with Crippen LogP contribution in [0.5, 0.6) is 0 Å². The lowest BCUT2D eigenvalue weighted by molar-refractivity contribution is -0.144. The molecule has 0 fully saturated rings. The predicted molar refractivity (Wildman–Crippen MR) is 115 cm³/mol. The minimum absolute atomic E-state index is 0.111. The SMILES string of the molecule is CCCCCCCCCCCCCCC(C(=O)O)C(CC)CCCCC. The van der Waals surface area contributed by atoms with Gasteiger partial charge in [0.1, 0.15) is 0 Å². The van der Waals surface area contributed by atoms with Crippen LogP contribution in [0.3, 0.4) is 0 Å². The predicted octanol–water partition coefficient (Wildman–Crippen LogP) is 8.38. The van der Waals surface area contributed by atoms with Crippen molar-refractivity contribution in [1.29, 1.82) is 0 Å². The van der Waals surface area contributed by atoms with E-state index in [2.05, 4.69) is 20.8 Å². The fourth-order valence-corrected chi connectivity index (χ4v) is 4.11. The van der Waals surface area contributed by atoms with Crippen LogP contribution in [-0.4, -0.2) is 11.1 Å². The van der Waals surface area contributed by atoms with Gasteiger partial charge >= 0.3 is 5.97 Å². The van der Waals surface area contributed by atoms with Gasteiger partial charge in [0.05, 0.1) is 5.92 Å². The molecular formula is C24H48O2. The molecule has 0 amide bonds. The van der Waals surface area contributed by atoms with Crippen LogP contribution in [0.25, 0.3) is 0 Å². The van der Waals surface area contributed by atoms with E-state index in [4.69, 9.17) is 0 Å². The molecule has 2 heteroatoms. The Hall–Kier alpha value is -0.530. The summed E-state index contributed by atoms with van der Waals surface area (Å²) in [6, 6.07) is 0. The van der Waals surface area contributed by atoms with Gasteiger partial charge in [-0.1, -0.05) is 124 Å². The molecule has 0 aromatic heterocycles. The Morgan fingerprint density at radius 2 is 1.00 bits per heavy atom. The van der Waals surface area contributed by atoms with Gasteiger partial charge in [-0.15, -0.1) is 0 Å². The van der Waals surface area contributed by atoms with E-state index in [9.17, 15) is 9.90 Å². The van der Waals surface area contributed by atoms with Crippen LogP contribution in [0, 0.1) is 11.8 Å². The van der Waals surface area contributed by atoms with Crippen LogP contribution in [0.2, 0.25) is 0 Å². The lowest BCUT2D eigenvalue weighted by Crippen LogP contribution is -2.23. The quantitative estimate of drug-likeness (QED) is 0.219. The largest absolute Gasteiger partial charge is 0.481 e. The van der Waals surface area contributed by atoms with Crippen LogP contribution < -0.4 is 0 Å². The van der Waals surface area contributed by atoms with Gasteiger partial charge in [0.2, 0.25) is 0 Å². The molecule has 0 rings (SSSR count). The van der Waals surface area contributed by atoms with Crippen molar-refractivity contribution in [2.24, 2.45) is 11.8 Å². The van der Waals surface area contributed by atoms with Gasteiger partial charge in [0.15, 0.2) is 0 Å². The van der Waals surface area contributed by atoms with Gasteiger partial charge in [0.25, 0.3) is 0 Å². The minimum atomic E-state index is -0.559. The molecule has 0 heterocycles. The molecule has 0 spiro atoms. The Bertz CT molecular complexity index is 301. The third-order valence-electron chi connectivity index (χ3n) is 5.96. The van der Waals surface area contributed by atoms with Gasteiger partial charge in [0, 0.05) is 0 Å². The van der Waals surface area contributed by atoms with Crippen LogP contribution in [-0.2, 0) is 4.79 Å². The van der Waals surface area contributed by atoms with E-state index in [1.54, 1.807) is 0 Å². The third-order valence-corrected chi connectivity index (χ3v) is 5.96. The molecule has 1 N–H and O–H groups in total. The van der Waals surface area contributed by atoms with Crippen molar-refractivity contribution in [3.05, 3.63) is 0 Å². The van der Waals surface area contributed by atoms with Crippen molar-refractivity contribution in [1.82, 2.24) is 0 Å². The van der Waals surface area contributed by atoms with Gasteiger partial charge in [-0.25, -0.2) is 0 Å². The maximum absolute atomic E-state index is 11.7. The summed E-state index contributed by atoms with van der Waals surface area (Å²) < 4.78 is 0. The van der Waals surface area contributed by atoms with Crippen molar-refractivity contribution in [3.63, 3.8) is 0 Å². The minimum Gasteiger partial charge on any atom is -0.481 e. The summed E-state index contributed by atoms with van der Waals surface area (Å²) in [5.74, 6) is -0.289. The smallest absolute Gasteiger partial charge is 0.306 e. The summed E-state index contributed by atoms with van der Waals surface area (Å²) in [4.78, 5) is 11.7. The van der Waals surface area contributed by atoms with E-state index < -0.39 is 5.97 Å². The molecule has 2 atom stereocenters. The van der Waals surface area contributed by atoms with Crippen molar-refractivity contribution in [3.8, 4) is 0 Å². The number of unbranched alkanes of at least 4 members (excludes halogenated alkanes) is 13. The van der Waals surface area contributed by atoms with Crippen LogP contribution in [0.15, 0.2) is 0 Å². The molecule has 0 aliphatic rings. The molecule has 26 heavy (non-hydrogen) atoms. The van der Waals surface area contributed by atoms with Crippen LogP contribution >= 0.6 is 0 Å². The second kappa shape index (κ2) is 19.2. The average Bonchev–Trinajstić information content (AvgIpc) is 2.63. The Labute approximate surface area is 164 Å². The molecule has 156 valence electrons. The summed E-state index contributed by atoms with van der Waals surface area (Å²) in [5.41, 5.74) is 0. The summed E-state index contributed by atoms with van der Waals surface area (Å²) >= 11 is 0. The molecule has 0 aliphatic heterocycles. The number of carbonyl (C=O) groups is 1. The lowest BCUT2D eigenvalue weighted by atomic mass is 9.82. The standard InChI is InChI=1S/C24H48O2/c1-4-7-9-10-11-12-13-14-15-16-17-19-21-23(24(25)26)22(6-3)20-18-8-5-2/h22-23H,4-21H2,1-3H3,(H,25,26). The monoisotopic (exact) mass is 368 g/mol. The first-order valence-electron chi connectivity index (χ1n) is 11.9. The summed E-state index contributed by atoms with van der Waals surface area (Å²) in [6.45, 7) is 6.64. The van der Waals surface area contributed by atoms with Crippen molar-refractivity contribution >= 4 is 5.97 Å². The molecule has 0 aromatic rings. The molecule has 2 unspecified atom stereocenters. The maximum Gasteiger partial charge on any atom is 0.306 e. The molecule has 0 saturated heterocycles. The summed E-state index contributed by atoms with van der Waals surface area (Å²) in [5, 5.41) is 9.61. The summed E-state index contributed by atoms with van der Waals surface area (Å²) in [6.07, 6.45) is 22.7. The van der Waals surface area contributed by atoms with Gasteiger partial charge in [-0.2, -0.15) is 0 Å². The highest BCUT2D eigenvalue weighted by atomic mass is 16.4. The first-order chi connectivity index (χ1) is 12.7. The first kappa shape index (κ1) is 25.5. The molecule has 0 aliphatic carbocycles. The number of rotatable bonds is 20. The number of carboxylic acid groups (broad SMARTS) is 1. The number of hydrogen-bond donors (Lipinski definition) is 1. The van der Waals surface area contributed by atoms with E-state index in [-0.39, 0.29) is 5.92 Å². The second-order valence-corrected chi connectivity index (χ2v) is 8.29. The highest BCUT2D eigenvalue weighted by Gasteiger charge is 2.25. The fourth-order valence-electron chi connectivity index (χ4n) is 4.11. The summed E-state index contributed by atoms with van der Waals surface area (Å²) in [7, 11) is 0. The Morgan fingerprint density at radius 1 is 0.615 bits per heavy atom. The first-order valence-corrected chi connectivity index (χ1v) is 11.9. The molecule has 0 aromatic carbocycles. The molecule has 0 bridgehead atoms.